The third kappa shape index (κ3) is 4.19. The normalized spacial score (nSPS) is 11.0. The predicted octanol–water partition coefficient (Wildman–Crippen LogP) is 5.10. The van der Waals surface area contributed by atoms with Crippen LogP contribution in [-0.4, -0.2) is 20.8 Å². The van der Waals surface area contributed by atoms with Gasteiger partial charge in [0.1, 0.15) is 17.4 Å². The minimum Gasteiger partial charge on any atom is -0.489 e. The van der Waals surface area contributed by atoms with Crippen LogP contribution in [0.3, 0.4) is 0 Å². The Morgan fingerprint density at radius 3 is 2.67 bits per heavy atom. The zero-order valence-electron chi connectivity index (χ0n) is 15.8. The van der Waals surface area contributed by atoms with Crippen molar-refractivity contribution in [3.05, 3.63) is 48.0 Å². The second-order valence-electron chi connectivity index (χ2n) is 6.46. The monoisotopic (exact) mass is 386 g/mol. The number of aromatic nitrogens is 2. The molecule has 7 heteroatoms. The number of para-hydroxylation sites is 1. The number of halogens is 1. The van der Waals surface area contributed by atoms with Gasteiger partial charge in [0.15, 0.2) is 5.11 Å². The molecule has 3 rings (SSSR count). The van der Waals surface area contributed by atoms with E-state index in [0.29, 0.717) is 16.5 Å². The summed E-state index contributed by atoms with van der Waals surface area (Å²) in [4.78, 5) is 4.58. The van der Waals surface area contributed by atoms with Gasteiger partial charge in [-0.1, -0.05) is 6.07 Å². The van der Waals surface area contributed by atoms with E-state index in [2.05, 4.69) is 27.1 Å². The minimum atomic E-state index is -0.363. The Kier molecular flexibility index (Phi) is 5.60. The van der Waals surface area contributed by atoms with Crippen LogP contribution in [0, 0.1) is 12.7 Å². The van der Waals surface area contributed by atoms with Gasteiger partial charge in [0.2, 0.25) is 0 Å². The van der Waals surface area contributed by atoms with Crippen molar-refractivity contribution in [1.29, 1.82) is 0 Å². The Labute approximate surface area is 163 Å². The molecular formula is C20H23FN4OS. The number of aryl methyl sites for hydroxylation is 2. The van der Waals surface area contributed by atoms with Crippen molar-refractivity contribution in [3.8, 4) is 5.75 Å². The molecule has 2 aromatic carbocycles. The molecule has 0 aliphatic heterocycles. The summed E-state index contributed by atoms with van der Waals surface area (Å²) in [5, 5.41) is 6.59. The van der Waals surface area contributed by atoms with Crippen molar-refractivity contribution < 1.29 is 9.13 Å². The lowest BCUT2D eigenvalue weighted by molar-refractivity contribution is 0.243. The van der Waals surface area contributed by atoms with E-state index in [1.165, 1.54) is 12.1 Å². The van der Waals surface area contributed by atoms with Crippen molar-refractivity contribution in [2.45, 2.75) is 40.3 Å². The molecule has 0 aliphatic rings. The number of benzene rings is 2. The maximum atomic E-state index is 13.7. The van der Waals surface area contributed by atoms with Crippen molar-refractivity contribution in [2.75, 3.05) is 10.6 Å². The number of ether oxygens (including phenoxy) is 1. The van der Waals surface area contributed by atoms with Crippen LogP contribution in [0.5, 0.6) is 5.75 Å². The van der Waals surface area contributed by atoms with Gasteiger partial charge in [-0.2, -0.15) is 0 Å². The third-order valence-electron chi connectivity index (χ3n) is 4.07. The standard InChI is InChI=1S/C20H23FN4OS/c1-5-25-13(4)22-15-7-6-8-16(19(15)25)23-20(27)24-17-11-14(21)9-10-18(17)26-12(2)3/h6-12H,5H2,1-4H3,(H2,23,24,27). The molecule has 0 saturated heterocycles. The molecule has 0 spiro atoms. The first-order chi connectivity index (χ1) is 12.9. The first kappa shape index (κ1) is 19.1. The Balaban J connectivity index is 1.87. The van der Waals surface area contributed by atoms with E-state index in [4.69, 9.17) is 17.0 Å². The van der Waals surface area contributed by atoms with Gasteiger partial charge in [0.05, 0.1) is 28.5 Å². The smallest absolute Gasteiger partial charge is 0.175 e. The summed E-state index contributed by atoms with van der Waals surface area (Å²) < 4.78 is 21.6. The van der Waals surface area contributed by atoms with Crippen LogP contribution in [0.25, 0.3) is 11.0 Å². The summed E-state index contributed by atoms with van der Waals surface area (Å²) in [6.45, 7) is 8.69. The highest BCUT2D eigenvalue weighted by Gasteiger charge is 2.13. The summed E-state index contributed by atoms with van der Waals surface area (Å²) in [6.07, 6.45) is -0.0341. The van der Waals surface area contributed by atoms with E-state index in [9.17, 15) is 4.39 Å². The van der Waals surface area contributed by atoms with Gasteiger partial charge >= 0.3 is 0 Å². The van der Waals surface area contributed by atoms with Crippen LogP contribution in [0.15, 0.2) is 36.4 Å². The van der Waals surface area contributed by atoms with Gasteiger partial charge in [-0.15, -0.1) is 0 Å². The second-order valence-corrected chi connectivity index (χ2v) is 6.87. The SMILES string of the molecule is CCn1c(C)nc2cccc(NC(=S)Nc3cc(F)ccc3OC(C)C)c21. The largest absolute Gasteiger partial charge is 0.489 e. The molecule has 1 aromatic heterocycles. The van der Waals surface area contributed by atoms with E-state index in [0.717, 1.165) is 29.1 Å². The van der Waals surface area contributed by atoms with Crippen molar-refractivity contribution in [3.63, 3.8) is 0 Å². The molecule has 0 amide bonds. The Morgan fingerprint density at radius 1 is 1.22 bits per heavy atom. The molecule has 3 aromatic rings. The molecule has 142 valence electrons. The summed E-state index contributed by atoms with van der Waals surface area (Å²) >= 11 is 5.45. The molecule has 0 fully saturated rings. The average Bonchev–Trinajstić information content (AvgIpc) is 2.93. The van der Waals surface area contributed by atoms with Gasteiger partial charge in [-0.3, -0.25) is 0 Å². The number of nitrogens with one attached hydrogen (secondary N) is 2. The topological polar surface area (TPSA) is 51.1 Å². The highest BCUT2D eigenvalue weighted by molar-refractivity contribution is 7.80. The van der Waals surface area contributed by atoms with Gasteiger partial charge in [0, 0.05) is 12.6 Å². The summed E-state index contributed by atoms with van der Waals surface area (Å²) in [5.41, 5.74) is 3.21. The number of nitrogens with zero attached hydrogens (tertiary/aromatic N) is 2. The lowest BCUT2D eigenvalue weighted by Crippen LogP contribution is -2.21. The minimum absolute atomic E-state index is 0.0341. The van der Waals surface area contributed by atoms with E-state index in [1.807, 2.05) is 39.0 Å². The van der Waals surface area contributed by atoms with E-state index in [-0.39, 0.29) is 11.9 Å². The molecular weight excluding hydrogens is 363 g/mol. The molecule has 0 bridgehead atoms. The number of hydrogen-bond donors (Lipinski definition) is 2. The molecule has 5 nitrogen and oxygen atoms in total. The van der Waals surface area contributed by atoms with Crippen LogP contribution in [0.1, 0.15) is 26.6 Å². The summed E-state index contributed by atoms with van der Waals surface area (Å²) in [6, 6.07) is 10.2. The zero-order chi connectivity index (χ0) is 19.6. The number of hydrogen-bond acceptors (Lipinski definition) is 3. The third-order valence-corrected chi connectivity index (χ3v) is 4.28. The number of rotatable bonds is 5. The summed E-state index contributed by atoms with van der Waals surface area (Å²) in [5.74, 6) is 1.12. The molecule has 0 radical (unpaired) electrons. The van der Waals surface area contributed by atoms with Crippen LogP contribution in [0.2, 0.25) is 0 Å². The second kappa shape index (κ2) is 7.92. The van der Waals surface area contributed by atoms with Crippen molar-refractivity contribution >= 4 is 39.7 Å². The van der Waals surface area contributed by atoms with Gasteiger partial charge in [-0.05, 0) is 64.2 Å². The summed E-state index contributed by atoms with van der Waals surface area (Å²) in [7, 11) is 0. The molecule has 0 atom stereocenters. The average molecular weight is 386 g/mol. The molecule has 2 N–H and O–H groups in total. The highest BCUT2D eigenvalue weighted by atomic mass is 32.1. The Hall–Kier alpha value is -2.67. The number of fused-ring (bicyclic) bond motifs is 1. The molecule has 0 saturated carbocycles. The van der Waals surface area contributed by atoms with Crippen LogP contribution in [-0.2, 0) is 6.54 Å². The predicted molar refractivity (Wildman–Crippen MR) is 112 cm³/mol. The molecule has 0 aliphatic carbocycles. The van der Waals surface area contributed by atoms with Gasteiger partial charge in [0.25, 0.3) is 0 Å². The zero-order valence-corrected chi connectivity index (χ0v) is 16.7. The lowest BCUT2D eigenvalue weighted by Gasteiger charge is -2.17. The number of thiocarbonyl (C=S) groups is 1. The van der Waals surface area contributed by atoms with E-state index in [1.54, 1.807) is 6.07 Å². The van der Waals surface area contributed by atoms with Gasteiger partial charge < -0.3 is 19.9 Å². The molecule has 1 heterocycles. The quantitative estimate of drug-likeness (QED) is 0.598. The van der Waals surface area contributed by atoms with Crippen molar-refractivity contribution in [2.24, 2.45) is 0 Å². The molecule has 0 unspecified atom stereocenters. The van der Waals surface area contributed by atoms with E-state index < -0.39 is 0 Å². The van der Waals surface area contributed by atoms with Crippen LogP contribution in [0.4, 0.5) is 15.8 Å². The van der Waals surface area contributed by atoms with Crippen molar-refractivity contribution in [1.82, 2.24) is 9.55 Å². The first-order valence-corrected chi connectivity index (χ1v) is 9.30. The van der Waals surface area contributed by atoms with E-state index >= 15 is 0 Å². The molecule has 27 heavy (non-hydrogen) atoms. The first-order valence-electron chi connectivity index (χ1n) is 8.89. The number of imidazole rings is 1. The fraction of sp³-hybridized carbons (Fsp3) is 0.300. The fourth-order valence-corrected chi connectivity index (χ4v) is 3.24. The Bertz CT molecular complexity index is 984. The fourth-order valence-electron chi connectivity index (χ4n) is 3.02. The number of anilines is 2. The highest BCUT2D eigenvalue weighted by Crippen LogP contribution is 2.28. The maximum Gasteiger partial charge on any atom is 0.175 e. The van der Waals surface area contributed by atoms with Gasteiger partial charge in [-0.25, -0.2) is 9.37 Å². The van der Waals surface area contributed by atoms with Crippen LogP contribution < -0.4 is 15.4 Å². The maximum absolute atomic E-state index is 13.7. The van der Waals surface area contributed by atoms with Crippen LogP contribution >= 0.6 is 12.2 Å². The Morgan fingerprint density at radius 2 is 1.96 bits per heavy atom. The lowest BCUT2D eigenvalue weighted by atomic mass is 10.2.